The van der Waals surface area contributed by atoms with Crippen molar-refractivity contribution in [3.63, 3.8) is 0 Å². The average molecular weight is 176 g/mol. The third-order valence-electron chi connectivity index (χ3n) is 1.47. The Morgan fingerprint density at radius 2 is 2.00 bits per heavy atom. The molecule has 0 unspecified atom stereocenters. The second-order valence-corrected chi connectivity index (χ2v) is 4.52. The Balaban J connectivity index is 3.69. The first-order valence-corrected chi connectivity index (χ1v) is 4.65. The molecule has 2 nitrogen and oxygen atoms in total. The molecule has 0 aliphatic rings. The molecule has 0 atom stereocenters. The van der Waals surface area contributed by atoms with E-state index >= 15 is 0 Å². The fourth-order valence-electron chi connectivity index (χ4n) is 1.37. The molecule has 0 aromatic carbocycles. The van der Waals surface area contributed by atoms with E-state index in [9.17, 15) is 4.57 Å². The van der Waals surface area contributed by atoms with Gasteiger partial charge in [0.25, 0.3) is 0 Å². The van der Waals surface area contributed by atoms with Crippen LogP contribution in [0.4, 0.5) is 0 Å². The summed E-state index contributed by atoms with van der Waals surface area (Å²) in [5.74, 6) is 0.664. The fourth-order valence-corrected chi connectivity index (χ4v) is 1.77. The van der Waals surface area contributed by atoms with Crippen molar-refractivity contribution in [1.82, 2.24) is 0 Å². The van der Waals surface area contributed by atoms with Crippen molar-refractivity contribution in [2.45, 2.75) is 34.1 Å². The number of hydrogen-bond donors (Lipinski definition) is 0. The Bertz CT molecular complexity index is 121. The van der Waals surface area contributed by atoms with Crippen molar-refractivity contribution in [3.8, 4) is 0 Å². The largest absolute Gasteiger partial charge is 0.327 e. The summed E-state index contributed by atoms with van der Waals surface area (Å²) in [6, 6.07) is 0. The van der Waals surface area contributed by atoms with Crippen LogP contribution in [0.2, 0.25) is 0 Å². The molecule has 3 heteroatoms. The van der Waals surface area contributed by atoms with Gasteiger partial charge in [0.2, 0.25) is 0 Å². The second kappa shape index (κ2) is 4.84. The van der Waals surface area contributed by atoms with Gasteiger partial charge in [-0.25, -0.2) is 4.57 Å². The molecule has 0 saturated carbocycles. The smallest absolute Gasteiger partial charge is 0.294 e. The summed E-state index contributed by atoms with van der Waals surface area (Å²) < 4.78 is 14.8. The maximum absolute atomic E-state index is 10.0. The minimum atomic E-state index is -0.208. The summed E-state index contributed by atoms with van der Waals surface area (Å²) in [4.78, 5) is 0. The van der Waals surface area contributed by atoms with Gasteiger partial charge in [0.15, 0.2) is 0 Å². The van der Waals surface area contributed by atoms with E-state index in [1.54, 1.807) is 0 Å². The first-order chi connectivity index (χ1) is 4.98. The van der Waals surface area contributed by atoms with Crippen LogP contribution in [-0.4, -0.2) is 6.61 Å². The average Bonchev–Trinajstić information content (AvgIpc) is 1.81. The van der Waals surface area contributed by atoms with Crippen LogP contribution in [0, 0.1) is 11.3 Å². The van der Waals surface area contributed by atoms with E-state index in [1.165, 1.54) is 0 Å². The molecule has 0 aliphatic heterocycles. The zero-order chi connectivity index (χ0) is 8.91. The molecular weight excluding hydrogens is 159 g/mol. The van der Waals surface area contributed by atoms with E-state index in [0.717, 1.165) is 6.42 Å². The van der Waals surface area contributed by atoms with Crippen LogP contribution in [0.15, 0.2) is 0 Å². The van der Waals surface area contributed by atoms with E-state index in [-0.39, 0.29) is 14.1 Å². The van der Waals surface area contributed by atoms with Gasteiger partial charge in [0.05, 0.1) is 6.61 Å². The highest BCUT2D eigenvalue weighted by Gasteiger charge is 2.19. The first kappa shape index (κ1) is 11.1. The zero-order valence-corrected chi connectivity index (χ0v) is 8.65. The molecule has 0 radical (unpaired) electrons. The molecule has 0 heterocycles. The van der Waals surface area contributed by atoms with Crippen molar-refractivity contribution in [3.05, 3.63) is 0 Å². The van der Waals surface area contributed by atoms with Crippen LogP contribution in [-0.2, 0) is 9.09 Å². The highest BCUT2D eigenvalue weighted by atomic mass is 31.1. The Kier molecular flexibility index (Phi) is 4.87. The molecule has 66 valence electrons. The molecule has 0 aliphatic carbocycles. The van der Waals surface area contributed by atoms with Gasteiger partial charge in [-0.3, -0.25) is 4.52 Å². The summed E-state index contributed by atoms with van der Waals surface area (Å²) in [6.07, 6.45) is 1.10. The SMILES string of the molecule is CC(C)CC(C)(C)COP=O. The van der Waals surface area contributed by atoms with Gasteiger partial charge in [-0.15, -0.1) is 0 Å². The van der Waals surface area contributed by atoms with Gasteiger partial charge in [0, 0.05) is 0 Å². The number of rotatable bonds is 5. The summed E-state index contributed by atoms with van der Waals surface area (Å²) in [5.41, 5.74) is 0.144. The Morgan fingerprint density at radius 3 is 2.36 bits per heavy atom. The highest BCUT2D eigenvalue weighted by Crippen LogP contribution is 2.26. The minimum Gasteiger partial charge on any atom is -0.294 e. The Hall–Kier alpha value is 0.0600. The van der Waals surface area contributed by atoms with E-state index in [4.69, 9.17) is 4.52 Å². The third-order valence-corrected chi connectivity index (χ3v) is 1.70. The Labute approximate surface area is 70.6 Å². The van der Waals surface area contributed by atoms with Crippen LogP contribution < -0.4 is 0 Å². The summed E-state index contributed by atoms with van der Waals surface area (Å²) in [6.45, 7) is 9.17. The third kappa shape index (κ3) is 6.46. The molecule has 0 bridgehead atoms. The Morgan fingerprint density at radius 1 is 1.45 bits per heavy atom. The van der Waals surface area contributed by atoms with Crippen LogP contribution in [0.1, 0.15) is 34.1 Å². The van der Waals surface area contributed by atoms with Crippen LogP contribution in [0.3, 0.4) is 0 Å². The maximum atomic E-state index is 10.0. The van der Waals surface area contributed by atoms with Gasteiger partial charge >= 0.3 is 8.69 Å². The molecule has 11 heavy (non-hydrogen) atoms. The standard InChI is InChI=1S/C8H17O2P/c1-7(2)5-8(3,4)6-10-11-9/h7H,5-6H2,1-4H3. The fraction of sp³-hybridized carbons (Fsp3) is 1.00. The molecule has 0 rings (SSSR count). The molecule has 0 aromatic rings. The van der Waals surface area contributed by atoms with Crippen LogP contribution in [0.5, 0.6) is 0 Å². The predicted molar refractivity (Wildman–Crippen MR) is 46.8 cm³/mol. The number of hydrogen-bond acceptors (Lipinski definition) is 2. The summed E-state index contributed by atoms with van der Waals surface area (Å²) >= 11 is 0. The molecule has 0 fully saturated rings. The highest BCUT2D eigenvalue weighted by molar-refractivity contribution is 7.17. The van der Waals surface area contributed by atoms with Crippen molar-refractivity contribution in [1.29, 1.82) is 0 Å². The normalized spacial score (nSPS) is 12.8. The van der Waals surface area contributed by atoms with Gasteiger partial charge < -0.3 is 0 Å². The lowest BCUT2D eigenvalue weighted by molar-refractivity contribution is 0.166. The van der Waals surface area contributed by atoms with Gasteiger partial charge in [0.1, 0.15) is 0 Å². The molecule has 0 N–H and O–H groups in total. The first-order valence-electron chi connectivity index (χ1n) is 3.92. The topological polar surface area (TPSA) is 26.3 Å². The van der Waals surface area contributed by atoms with Crippen molar-refractivity contribution in [2.75, 3.05) is 6.61 Å². The predicted octanol–water partition coefficient (Wildman–Crippen LogP) is 3.28. The lowest BCUT2D eigenvalue weighted by Crippen LogP contribution is -2.19. The second-order valence-electron chi connectivity index (χ2n) is 4.11. The van der Waals surface area contributed by atoms with Crippen molar-refractivity contribution >= 4 is 8.69 Å². The van der Waals surface area contributed by atoms with E-state index in [2.05, 4.69) is 27.7 Å². The lowest BCUT2D eigenvalue weighted by Gasteiger charge is -2.24. The van der Waals surface area contributed by atoms with E-state index in [1.807, 2.05) is 0 Å². The molecule has 0 spiro atoms. The van der Waals surface area contributed by atoms with Gasteiger partial charge in [-0.1, -0.05) is 27.7 Å². The monoisotopic (exact) mass is 176 g/mol. The van der Waals surface area contributed by atoms with Gasteiger partial charge in [-0.2, -0.15) is 0 Å². The lowest BCUT2D eigenvalue weighted by atomic mass is 9.85. The molecule has 0 saturated heterocycles. The molecular formula is C8H17O2P. The van der Waals surface area contributed by atoms with Crippen molar-refractivity contribution in [2.24, 2.45) is 11.3 Å². The van der Waals surface area contributed by atoms with Crippen LogP contribution in [0.25, 0.3) is 0 Å². The van der Waals surface area contributed by atoms with E-state index < -0.39 is 0 Å². The summed E-state index contributed by atoms with van der Waals surface area (Å²) in [5, 5.41) is 0. The van der Waals surface area contributed by atoms with Crippen molar-refractivity contribution < 1.29 is 9.09 Å². The van der Waals surface area contributed by atoms with E-state index in [0.29, 0.717) is 12.5 Å². The maximum Gasteiger partial charge on any atom is 0.327 e. The molecule has 0 aromatic heterocycles. The van der Waals surface area contributed by atoms with Crippen LogP contribution >= 0.6 is 8.69 Å². The summed E-state index contributed by atoms with van der Waals surface area (Å²) in [7, 11) is -0.208. The quantitative estimate of drug-likeness (QED) is 0.601. The molecule has 0 amide bonds. The van der Waals surface area contributed by atoms with Gasteiger partial charge in [-0.05, 0) is 17.8 Å². The minimum absolute atomic E-state index is 0.144. The zero-order valence-electron chi connectivity index (χ0n) is 7.76.